The summed E-state index contributed by atoms with van der Waals surface area (Å²) < 4.78 is 9.15. The van der Waals surface area contributed by atoms with Gasteiger partial charge in [0.1, 0.15) is 0 Å². The van der Waals surface area contributed by atoms with Gasteiger partial charge in [0.15, 0.2) is 0 Å². The lowest BCUT2D eigenvalue weighted by Gasteiger charge is -2.20. The highest BCUT2D eigenvalue weighted by molar-refractivity contribution is 6.41. The topological polar surface area (TPSA) is 109 Å². The van der Waals surface area contributed by atoms with Crippen molar-refractivity contribution in [3.8, 4) is 0 Å². The van der Waals surface area contributed by atoms with Crippen molar-refractivity contribution in [2.24, 2.45) is 0 Å². The molecule has 0 aliphatic carbocycles. The standard InChI is InChI=1S/C13H14N2O5/c1-3-20-11(16)10(15-14)13(18,12(17)19-2)9-7-5-4-6-8-9/h4-8,18H,3H2,1-2H3. The zero-order chi connectivity index (χ0) is 15.2. The van der Waals surface area contributed by atoms with Crippen LogP contribution in [-0.4, -0.2) is 41.3 Å². The summed E-state index contributed by atoms with van der Waals surface area (Å²) in [5.41, 5.74) is 5.60. The number of nitrogens with zero attached hydrogens (tertiary/aromatic N) is 2. The molecule has 0 fully saturated rings. The van der Waals surface area contributed by atoms with Crippen LogP contribution in [0.3, 0.4) is 0 Å². The van der Waals surface area contributed by atoms with Gasteiger partial charge < -0.3 is 20.1 Å². The Labute approximate surface area is 115 Å². The van der Waals surface area contributed by atoms with Gasteiger partial charge in [-0.2, -0.15) is 4.79 Å². The van der Waals surface area contributed by atoms with Crippen LogP contribution in [0.15, 0.2) is 30.3 Å². The Hall–Kier alpha value is -2.50. The number of carbonyl (C=O) groups is 2. The summed E-state index contributed by atoms with van der Waals surface area (Å²) in [6.45, 7) is 1.52. The Morgan fingerprint density at radius 3 is 2.40 bits per heavy atom. The molecule has 0 spiro atoms. The Morgan fingerprint density at radius 2 is 1.95 bits per heavy atom. The van der Waals surface area contributed by atoms with Crippen molar-refractivity contribution in [2.45, 2.75) is 12.5 Å². The van der Waals surface area contributed by atoms with Gasteiger partial charge in [0.25, 0.3) is 5.60 Å². The Kier molecular flexibility index (Phi) is 5.14. The normalized spacial score (nSPS) is 12.8. The number of rotatable bonds is 5. The quantitative estimate of drug-likeness (QED) is 0.360. The van der Waals surface area contributed by atoms with Gasteiger partial charge in [-0.1, -0.05) is 30.3 Å². The predicted molar refractivity (Wildman–Crippen MR) is 67.6 cm³/mol. The van der Waals surface area contributed by atoms with Crippen LogP contribution in [0.5, 0.6) is 0 Å². The highest BCUT2D eigenvalue weighted by atomic mass is 16.5. The van der Waals surface area contributed by atoms with Gasteiger partial charge in [-0.3, -0.25) is 0 Å². The molecular weight excluding hydrogens is 264 g/mol. The second-order valence-corrected chi connectivity index (χ2v) is 3.74. The predicted octanol–water partition coefficient (Wildman–Crippen LogP) is 0.281. The summed E-state index contributed by atoms with van der Waals surface area (Å²) >= 11 is 0. The molecule has 7 heteroatoms. The molecular formula is C13H14N2O5. The summed E-state index contributed by atoms with van der Waals surface area (Å²) in [5, 5.41) is 10.5. The molecule has 1 atom stereocenters. The number of methoxy groups -OCH3 is 1. The zero-order valence-electron chi connectivity index (χ0n) is 11.1. The largest absolute Gasteiger partial charge is 0.466 e. The van der Waals surface area contributed by atoms with E-state index in [0.29, 0.717) is 0 Å². The average Bonchev–Trinajstić information content (AvgIpc) is 2.48. The first-order chi connectivity index (χ1) is 9.52. The van der Waals surface area contributed by atoms with Crippen molar-refractivity contribution in [1.82, 2.24) is 0 Å². The maximum absolute atomic E-state index is 11.9. The van der Waals surface area contributed by atoms with Crippen LogP contribution in [0.4, 0.5) is 0 Å². The first-order valence-corrected chi connectivity index (χ1v) is 5.78. The molecule has 0 amide bonds. The lowest BCUT2D eigenvalue weighted by atomic mass is 9.88. The lowest BCUT2D eigenvalue weighted by Crippen LogP contribution is -2.49. The minimum atomic E-state index is -2.54. The van der Waals surface area contributed by atoms with E-state index in [4.69, 9.17) is 5.53 Å². The van der Waals surface area contributed by atoms with E-state index in [1.165, 1.54) is 19.1 Å². The Bertz CT molecular complexity index is 551. The number of hydrogen-bond donors (Lipinski definition) is 1. The number of ether oxygens (including phenoxy) is 2. The second-order valence-electron chi connectivity index (χ2n) is 3.74. The first kappa shape index (κ1) is 15.6. The van der Waals surface area contributed by atoms with Crippen molar-refractivity contribution >= 4 is 17.7 Å². The minimum absolute atomic E-state index is 0.0100. The molecule has 0 saturated heterocycles. The lowest BCUT2D eigenvalue weighted by molar-refractivity contribution is -0.164. The number of carbonyl (C=O) groups excluding carboxylic acids is 2. The number of hydrogen-bond acceptors (Lipinski definition) is 5. The molecule has 0 radical (unpaired) electrons. The smallest absolute Gasteiger partial charge is 0.423 e. The molecule has 0 aliphatic heterocycles. The van der Waals surface area contributed by atoms with Crippen LogP contribution in [-0.2, 0) is 24.7 Å². The second kappa shape index (κ2) is 6.60. The molecule has 7 nitrogen and oxygen atoms in total. The Morgan fingerprint density at radius 1 is 1.35 bits per heavy atom. The fourth-order valence-electron chi connectivity index (χ4n) is 1.64. The fraction of sp³-hybridized carbons (Fsp3) is 0.308. The van der Waals surface area contributed by atoms with Gasteiger partial charge in [-0.15, -0.1) is 0 Å². The van der Waals surface area contributed by atoms with Crippen molar-refractivity contribution < 1.29 is 29.0 Å². The van der Waals surface area contributed by atoms with E-state index < -0.39 is 23.3 Å². The van der Waals surface area contributed by atoms with E-state index in [1.54, 1.807) is 18.2 Å². The van der Waals surface area contributed by atoms with Gasteiger partial charge in [0.05, 0.1) is 13.7 Å². The third-order valence-corrected chi connectivity index (χ3v) is 2.58. The first-order valence-electron chi connectivity index (χ1n) is 5.78. The molecule has 20 heavy (non-hydrogen) atoms. The summed E-state index contributed by atoms with van der Waals surface area (Å²) in [4.78, 5) is 26.3. The maximum Gasteiger partial charge on any atom is 0.423 e. The van der Waals surface area contributed by atoms with Crippen LogP contribution >= 0.6 is 0 Å². The number of benzene rings is 1. The summed E-state index contributed by atoms with van der Waals surface area (Å²) in [6, 6.07) is 7.52. The van der Waals surface area contributed by atoms with E-state index in [0.717, 1.165) is 7.11 Å². The van der Waals surface area contributed by atoms with Crippen molar-refractivity contribution in [1.29, 1.82) is 0 Å². The monoisotopic (exact) mass is 278 g/mol. The van der Waals surface area contributed by atoms with Crippen LogP contribution in [0.25, 0.3) is 5.53 Å². The van der Waals surface area contributed by atoms with E-state index in [-0.39, 0.29) is 12.2 Å². The summed E-state index contributed by atoms with van der Waals surface area (Å²) in [7, 11) is 1.04. The molecule has 0 saturated carbocycles. The van der Waals surface area contributed by atoms with Crippen LogP contribution in [0, 0.1) is 0 Å². The molecule has 1 N–H and O–H groups in total. The van der Waals surface area contributed by atoms with Crippen molar-refractivity contribution in [3.63, 3.8) is 0 Å². The van der Waals surface area contributed by atoms with E-state index in [9.17, 15) is 14.7 Å². The van der Waals surface area contributed by atoms with Crippen molar-refractivity contribution in [3.05, 3.63) is 41.4 Å². The molecule has 0 heterocycles. The molecule has 106 valence electrons. The van der Waals surface area contributed by atoms with Gasteiger partial charge in [-0.25, -0.2) is 9.59 Å². The Balaban J connectivity index is 3.43. The highest BCUT2D eigenvalue weighted by Gasteiger charge is 2.55. The zero-order valence-corrected chi connectivity index (χ0v) is 11.1. The van der Waals surface area contributed by atoms with Crippen LogP contribution < -0.4 is 0 Å². The summed E-state index contributed by atoms with van der Waals surface area (Å²) in [5.74, 6) is -2.28. The van der Waals surface area contributed by atoms with Crippen molar-refractivity contribution in [2.75, 3.05) is 13.7 Å². The molecule has 0 bridgehead atoms. The number of aliphatic hydroxyl groups is 1. The van der Waals surface area contributed by atoms with E-state index >= 15 is 0 Å². The van der Waals surface area contributed by atoms with Gasteiger partial charge in [-0.05, 0) is 6.92 Å². The molecule has 0 aromatic heterocycles. The van der Waals surface area contributed by atoms with Gasteiger partial charge >= 0.3 is 17.7 Å². The molecule has 1 aromatic carbocycles. The molecule has 0 aliphatic rings. The minimum Gasteiger partial charge on any atom is -0.466 e. The van der Waals surface area contributed by atoms with Crippen LogP contribution in [0.2, 0.25) is 0 Å². The average molecular weight is 278 g/mol. The third kappa shape index (κ3) is 2.74. The maximum atomic E-state index is 11.9. The summed E-state index contributed by atoms with van der Waals surface area (Å²) in [6.07, 6.45) is 0. The molecule has 1 aromatic rings. The SMILES string of the molecule is CCOC(=O)C(=[N+]=[N-])C(O)(C(=O)OC)c1ccccc1. The van der Waals surface area contributed by atoms with Gasteiger partial charge in [0, 0.05) is 5.56 Å². The van der Waals surface area contributed by atoms with E-state index in [2.05, 4.69) is 14.3 Å². The molecule has 1 rings (SSSR count). The van der Waals surface area contributed by atoms with Crippen LogP contribution in [0.1, 0.15) is 12.5 Å². The van der Waals surface area contributed by atoms with Gasteiger partial charge in [0.2, 0.25) is 0 Å². The molecule has 1 unspecified atom stereocenters. The van der Waals surface area contributed by atoms with E-state index in [1.807, 2.05) is 0 Å². The third-order valence-electron chi connectivity index (χ3n) is 2.58. The fourth-order valence-corrected chi connectivity index (χ4v) is 1.64. The highest BCUT2D eigenvalue weighted by Crippen LogP contribution is 2.24. The number of esters is 2.